The molecular formula is C17H12N2O3S. The third kappa shape index (κ3) is 2.43. The maximum absolute atomic E-state index is 11.2. The molecule has 0 saturated carbocycles. The van der Waals surface area contributed by atoms with Gasteiger partial charge in [0.15, 0.2) is 5.58 Å². The van der Waals surface area contributed by atoms with Crippen molar-refractivity contribution in [2.75, 3.05) is 7.11 Å². The van der Waals surface area contributed by atoms with Crippen molar-refractivity contribution in [1.82, 2.24) is 9.97 Å². The molecule has 0 fully saturated rings. The van der Waals surface area contributed by atoms with E-state index in [0.717, 1.165) is 27.6 Å². The number of benzene rings is 2. The fourth-order valence-corrected chi connectivity index (χ4v) is 3.31. The van der Waals surface area contributed by atoms with Gasteiger partial charge in [-0.3, -0.25) is 4.98 Å². The zero-order valence-corrected chi connectivity index (χ0v) is 13.0. The average Bonchev–Trinajstić information content (AvgIpc) is 3.19. The number of fused-ring (bicyclic) bond motifs is 1. The maximum atomic E-state index is 11.2. The minimum absolute atomic E-state index is 0.454. The predicted molar refractivity (Wildman–Crippen MR) is 89.9 cm³/mol. The molecule has 0 unspecified atom stereocenters. The molecule has 2 heterocycles. The van der Waals surface area contributed by atoms with E-state index < -0.39 is 5.76 Å². The fraction of sp³-hybridized carbons (Fsp3) is 0.0588. The smallest absolute Gasteiger partial charge is 0.417 e. The van der Waals surface area contributed by atoms with E-state index in [0.29, 0.717) is 11.1 Å². The Morgan fingerprint density at radius 3 is 2.96 bits per heavy atom. The van der Waals surface area contributed by atoms with Crippen LogP contribution in [0, 0.1) is 0 Å². The quantitative estimate of drug-likeness (QED) is 0.620. The summed E-state index contributed by atoms with van der Waals surface area (Å²) in [6, 6.07) is 13.3. The second-order valence-electron chi connectivity index (χ2n) is 4.96. The van der Waals surface area contributed by atoms with Crippen LogP contribution in [0.5, 0.6) is 5.75 Å². The monoisotopic (exact) mass is 324 g/mol. The first-order chi connectivity index (χ1) is 11.2. The van der Waals surface area contributed by atoms with Gasteiger partial charge in [-0.1, -0.05) is 18.2 Å². The van der Waals surface area contributed by atoms with Crippen molar-refractivity contribution in [3.8, 4) is 27.6 Å². The largest absolute Gasteiger partial charge is 0.496 e. The summed E-state index contributed by atoms with van der Waals surface area (Å²) in [5, 5.41) is 2.86. The molecule has 0 atom stereocenters. The first-order valence-corrected chi connectivity index (χ1v) is 7.85. The van der Waals surface area contributed by atoms with Gasteiger partial charge in [-0.15, -0.1) is 11.3 Å². The van der Waals surface area contributed by atoms with Crippen LogP contribution in [0.2, 0.25) is 0 Å². The average molecular weight is 324 g/mol. The van der Waals surface area contributed by atoms with Gasteiger partial charge >= 0.3 is 5.76 Å². The van der Waals surface area contributed by atoms with Crippen LogP contribution in [-0.2, 0) is 0 Å². The molecule has 0 amide bonds. The Kier molecular flexibility index (Phi) is 3.24. The number of rotatable bonds is 3. The van der Waals surface area contributed by atoms with Gasteiger partial charge in [0.25, 0.3) is 0 Å². The van der Waals surface area contributed by atoms with Crippen molar-refractivity contribution in [3.05, 3.63) is 58.4 Å². The second-order valence-corrected chi connectivity index (χ2v) is 5.82. The molecule has 5 nitrogen and oxygen atoms in total. The zero-order valence-electron chi connectivity index (χ0n) is 12.2. The van der Waals surface area contributed by atoms with E-state index in [1.807, 2.05) is 47.8 Å². The zero-order chi connectivity index (χ0) is 15.8. The Hall–Kier alpha value is -2.86. The first kappa shape index (κ1) is 13.8. The number of methoxy groups -OCH3 is 1. The highest BCUT2D eigenvalue weighted by Crippen LogP contribution is 2.34. The molecule has 2 aromatic carbocycles. The van der Waals surface area contributed by atoms with Gasteiger partial charge in [0.05, 0.1) is 23.9 Å². The van der Waals surface area contributed by atoms with Gasteiger partial charge < -0.3 is 9.15 Å². The molecule has 2 aromatic heterocycles. The number of nitrogens with zero attached hydrogens (tertiary/aromatic N) is 1. The van der Waals surface area contributed by atoms with E-state index in [2.05, 4.69) is 9.97 Å². The third-order valence-corrected chi connectivity index (χ3v) is 4.43. The number of ether oxygens (including phenoxy) is 1. The van der Waals surface area contributed by atoms with Crippen molar-refractivity contribution in [3.63, 3.8) is 0 Å². The fourth-order valence-electron chi connectivity index (χ4n) is 2.46. The van der Waals surface area contributed by atoms with E-state index in [4.69, 9.17) is 9.15 Å². The summed E-state index contributed by atoms with van der Waals surface area (Å²) in [7, 11) is 1.65. The summed E-state index contributed by atoms with van der Waals surface area (Å²) in [5.74, 6) is 0.339. The molecule has 0 aliphatic rings. The Labute approximate surface area is 135 Å². The van der Waals surface area contributed by atoms with Crippen LogP contribution in [0.15, 0.2) is 57.1 Å². The molecule has 0 saturated heterocycles. The van der Waals surface area contributed by atoms with Crippen LogP contribution in [0.1, 0.15) is 0 Å². The molecule has 0 aliphatic carbocycles. The summed E-state index contributed by atoms with van der Waals surface area (Å²) in [6.45, 7) is 0. The summed E-state index contributed by atoms with van der Waals surface area (Å²) in [5.41, 5.74) is 3.90. The summed E-state index contributed by atoms with van der Waals surface area (Å²) in [4.78, 5) is 18.6. The molecule has 4 rings (SSSR count). The van der Waals surface area contributed by atoms with E-state index in [1.165, 1.54) is 0 Å². The molecule has 0 aliphatic heterocycles. The van der Waals surface area contributed by atoms with Gasteiger partial charge in [0.2, 0.25) is 0 Å². The van der Waals surface area contributed by atoms with Gasteiger partial charge in [0.1, 0.15) is 10.8 Å². The lowest BCUT2D eigenvalue weighted by atomic mass is 10.1. The SMILES string of the molecule is COc1ccccc1-c1nc(-c2ccc3[nH]c(=O)oc3c2)cs1. The number of aromatic amines is 1. The number of nitrogens with one attached hydrogen (secondary N) is 1. The summed E-state index contributed by atoms with van der Waals surface area (Å²) in [6.07, 6.45) is 0. The molecule has 0 bridgehead atoms. The van der Waals surface area contributed by atoms with Crippen molar-refractivity contribution in [2.45, 2.75) is 0 Å². The Morgan fingerprint density at radius 1 is 1.22 bits per heavy atom. The van der Waals surface area contributed by atoms with Crippen molar-refractivity contribution in [1.29, 1.82) is 0 Å². The minimum atomic E-state index is -0.454. The van der Waals surface area contributed by atoms with Gasteiger partial charge in [0, 0.05) is 10.9 Å². The standard InChI is InChI=1S/C17H12N2O3S/c1-21-14-5-3-2-4-11(14)16-18-13(9-23-16)10-6-7-12-15(8-10)22-17(20)19-12/h2-9H,1H3,(H,19,20). The molecule has 6 heteroatoms. The third-order valence-electron chi connectivity index (χ3n) is 3.56. The normalized spacial score (nSPS) is 11.0. The lowest BCUT2D eigenvalue weighted by molar-refractivity contribution is 0.416. The van der Waals surface area contributed by atoms with Crippen LogP contribution >= 0.6 is 11.3 Å². The van der Waals surface area contributed by atoms with Crippen LogP contribution in [-0.4, -0.2) is 17.1 Å². The lowest BCUT2D eigenvalue weighted by Crippen LogP contribution is -1.92. The predicted octanol–water partition coefficient (Wildman–Crippen LogP) is 3.92. The number of oxazole rings is 1. The van der Waals surface area contributed by atoms with Crippen LogP contribution in [0.4, 0.5) is 0 Å². The number of hydrogen-bond acceptors (Lipinski definition) is 5. The number of aromatic nitrogens is 2. The van der Waals surface area contributed by atoms with Crippen molar-refractivity contribution in [2.24, 2.45) is 0 Å². The number of para-hydroxylation sites is 1. The van der Waals surface area contributed by atoms with E-state index in [1.54, 1.807) is 18.4 Å². The Bertz CT molecular complexity index is 1050. The Morgan fingerprint density at radius 2 is 2.09 bits per heavy atom. The molecule has 23 heavy (non-hydrogen) atoms. The number of hydrogen-bond donors (Lipinski definition) is 1. The van der Waals surface area contributed by atoms with E-state index in [9.17, 15) is 4.79 Å². The lowest BCUT2D eigenvalue weighted by Gasteiger charge is -2.04. The molecule has 4 aromatic rings. The molecular weight excluding hydrogens is 312 g/mol. The van der Waals surface area contributed by atoms with Gasteiger partial charge in [-0.05, 0) is 24.3 Å². The molecule has 0 radical (unpaired) electrons. The van der Waals surface area contributed by atoms with Crippen LogP contribution in [0.3, 0.4) is 0 Å². The highest BCUT2D eigenvalue weighted by atomic mass is 32.1. The summed E-state index contributed by atoms with van der Waals surface area (Å²) >= 11 is 1.55. The molecule has 1 N–H and O–H groups in total. The number of H-pyrrole nitrogens is 1. The van der Waals surface area contributed by atoms with Crippen molar-refractivity contribution < 1.29 is 9.15 Å². The minimum Gasteiger partial charge on any atom is -0.496 e. The first-order valence-electron chi connectivity index (χ1n) is 6.97. The molecule has 114 valence electrons. The van der Waals surface area contributed by atoms with Gasteiger partial charge in [-0.2, -0.15) is 0 Å². The summed E-state index contributed by atoms with van der Waals surface area (Å²) < 4.78 is 10.5. The highest BCUT2D eigenvalue weighted by Gasteiger charge is 2.12. The Balaban J connectivity index is 1.78. The molecule has 0 spiro atoms. The maximum Gasteiger partial charge on any atom is 0.417 e. The van der Waals surface area contributed by atoms with Crippen LogP contribution in [0.25, 0.3) is 32.9 Å². The van der Waals surface area contributed by atoms with E-state index in [-0.39, 0.29) is 0 Å². The second kappa shape index (κ2) is 5.40. The highest BCUT2D eigenvalue weighted by molar-refractivity contribution is 7.13. The van der Waals surface area contributed by atoms with Crippen molar-refractivity contribution >= 4 is 22.4 Å². The van der Waals surface area contributed by atoms with Crippen LogP contribution < -0.4 is 10.5 Å². The van der Waals surface area contributed by atoms with Gasteiger partial charge in [-0.25, -0.2) is 9.78 Å². The topological polar surface area (TPSA) is 68.1 Å². The number of thiazole rings is 1. The van der Waals surface area contributed by atoms with E-state index >= 15 is 0 Å².